The third kappa shape index (κ3) is 4.30. The summed E-state index contributed by atoms with van der Waals surface area (Å²) in [7, 11) is 0. The highest BCUT2D eigenvalue weighted by atomic mass is 16.5. The van der Waals surface area contributed by atoms with Gasteiger partial charge in [-0.25, -0.2) is 9.59 Å². The van der Waals surface area contributed by atoms with E-state index in [1.165, 1.54) is 0 Å². The number of carbonyl (C=O) groups excluding carboxylic acids is 1. The van der Waals surface area contributed by atoms with Gasteiger partial charge < -0.3 is 19.9 Å². The second kappa shape index (κ2) is 8.00. The Bertz CT molecular complexity index is 950. The first kappa shape index (κ1) is 21.4. The van der Waals surface area contributed by atoms with E-state index in [1.54, 1.807) is 0 Å². The van der Waals surface area contributed by atoms with E-state index in [2.05, 4.69) is 17.4 Å². The Labute approximate surface area is 182 Å². The van der Waals surface area contributed by atoms with Gasteiger partial charge in [0.05, 0.1) is 11.7 Å². The fourth-order valence-corrected chi connectivity index (χ4v) is 4.79. The maximum Gasteiger partial charge on any atom is 0.408 e. The van der Waals surface area contributed by atoms with Crippen LogP contribution in [0.15, 0.2) is 48.5 Å². The lowest BCUT2D eigenvalue weighted by atomic mass is 9.97. The maximum atomic E-state index is 12.6. The average molecular weight is 424 g/mol. The van der Waals surface area contributed by atoms with Crippen LogP contribution in [0.5, 0.6) is 0 Å². The highest BCUT2D eigenvalue weighted by Gasteiger charge is 2.48. The molecule has 0 saturated heterocycles. The number of benzene rings is 2. The summed E-state index contributed by atoms with van der Waals surface area (Å²) in [6.07, 6.45) is 0.190. The molecule has 0 bridgehead atoms. The second-order valence-corrected chi connectivity index (χ2v) is 9.43. The van der Waals surface area contributed by atoms with Crippen molar-refractivity contribution in [3.63, 3.8) is 0 Å². The Morgan fingerprint density at radius 3 is 2.19 bits per heavy atom. The fourth-order valence-electron chi connectivity index (χ4n) is 4.79. The van der Waals surface area contributed by atoms with Crippen LogP contribution in [-0.2, 0) is 14.3 Å². The first-order valence-electron chi connectivity index (χ1n) is 10.7. The van der Waals surface area contributed by atoms with Gasteiger partial charge in [0.1, 0.15) is 12.1 Å². The van der Waals surface area contributed by atoms with Crippen LogP contribution in [0.4, 0.5) is 4.79 Å². The van der Waals surface area contributed by atoms with Crippen LogP contribution in [0.1, 0.15) is 57.1 Å². The van der Waals surface area contributed by atoms with Crippen LogP contribution < -0.4 is 5.32 Å². The van der Waals surface area contributed by atoms with Gasteiger partial charge in [-0.3, -0.25) is 0 Å². The number of fused-ring (bicyclic) bond motifs is 3. The maximum absolute atomic E-state index is 12.6. The Morgan fingerprint density at radius 1 is 1.06 bits per heavy atom. The number of amides is 1. The minimum absolute atomic E-state index is 0.0699. The summed E-state index contributed by atoms with van der Waals surface area (Å²) in [6.45, 7) is 5.96. The Hall–Kier alpha value is -2.86. The van der Waals surface area contributed by atoms with Crippen molar-refractivity contribution in [3.8, 4) is 11.1 Å². The number of hydrogen-bond donors (Lipinski definition) is 2. The molecule has 0 aliphatic heterocycles. The van der Waals surface area contributed by atoms with E-state index in [9.17, 15) is 14.7 Å². The fraction of sp³-hybridized carbons (Fsp3) is 0.440. The van der Waals surface area contributed by atoms with Crippen molar-refractivity contribution in [2.45, 2.75) is 63.2 Å². The van der Waals surface area contributed by atoms with Crippen molar-refractivity contribution in [3.05, 3.63) is 59.7 Å². The quantitative estimate of drug-likeness (QED) is 0.727. The molecule has 2 unspecified atom stereocenters. The van der Waals surface area contributed by atoms with Crippen molar-refractivity contribution >= 4 is 12.1 Å². The zero-order valence-corrected chi connectivity index (χ0v) is 18.2. The van der Waals surface area contributed by atoms with Gasteiger partial charge in [-0.15, -0.1) is 0 Å². The minimum atomic E-state index is -1.36. The largest absolute Gasteiger partial charge is 0.480 e. The van der Waals surface area contributed by atoms with E-state index in [0.29, 0.717) is 12.8 Å². The molecule has 2 aromatic carbocycles. The summed E-state index contributed by atoms with van der Waals surface area (Å²) in [5, 5.41) is 12.5. The SMILES string of the molecule is CC(C)(C)OC1CCC(NC(=O)OCC2c3ccccc3-c3ccccc32)(C(=O)O)C1. The highest BCUT2D eigenvalue weighted by molar-refractivity contribution is 5.85. The van der Waals surface area contributed by atoms with E-state index in [1.807, 2.05) is 57.2 Å². The number of aliphatic carboxylic acids is 1. The molecule has 4 rings (SSSR count). The molecule has 1 amide bonds. The molecule has 0 aromatic heterocycles. The Kier molecular flexibility index (Phi) is 5.52. The summed E-state index contributed by atoms with van der Waals surface area (Å²) in [4.78, 5) is 24.7. The molecule has 6 nitrogen and oxygen atoms in total. The summed E-state index contributed by atoms with van der Waals surface area (Å²) in [6, 6.07) is 16.2. The molecule has 2 aliphatic rings. The molecule has 2 aromatic rings. The van der Waals surface area contributed by atoms with Crippen molar-refractivity contribution in [1.82, 2.24) is 5.32 Å². The van der Waals surface area contributed by atoms with E-state index in [4.69, 9.17) is 9.47 Å². The first-order valence-corrected chi connectivity index (χ1v) is 10.7. The van der Waals surface area contributed by atoms with Crippen molar-refractivity contribution < 1.29 is 24.2 Å². The van der Waals surface area contributed by atoms with Gasteiger partial charge in [0.2, 0.25) is 0 Å². The van der Waals surface area contributed by atoms with Crippen LogP contribution >= 0.6 is 0 Å². The zero-order chi connectivity index (χ0) is 22.2. The molecule has 0 spiro atoms. The topological polar surface area (TPSA) is 84.9 Å². The van der Waals surface area contributed by atoms with E-state index >= 15 is 0 Å². The zero-order valence-electron chi connectivity index (χ0n) is 18.2. The Balaban J connectivity index is 1.44. The van der Waals surface area contributed by atoms with Crippen molar-refractivity contribution in [2.75, 3.05) is 6.61 Å². The molecule has 0 radical (unpaired) electrons. The number of ether oxygens (including phenoxy) is 2. The molecule has 164 valence electrons. The van der Waals surface area contributed by atoms with Crippen LogP contribution in [0.25, 0.3) is 11.1 Å². The predicted octanol–water partition coefficient (Wildman–Crippen LogP) is 4.72. The lowest BCUT2D eigenvalue weighted by Gasteiger charge is -2.28. The minimum Gasteiger partial charge on any atom is -0.480 e. The molecule has 6 heteroatoms. The number of carbonyl (C=O) groups is 2. The molecular formula is C25H29NO5. The Morgan fingerprint density at radius 2 is 1.65 bits per heavy atom. The number of rotatable bonds is 5. The van der Waals surface area contributed by atoms with Gasteiger partial charge in [-0.05, 0) is 55.9 Å². The number of alkyl carbamates (subject to hydrolysis) is 1. The lowest BCUT2D eigenvalue weighted by molar-refractivity contribution is -0.145. The molecule has 2 aliphatic carbocycles. The van der Waals surface area contributed by atoms with Crippen molar-refractivity contribution in [1.29, 1.82) is 0 Å². The van der Waals surface area contributed by atoms with Crippen LogP contribution in [-0.4, -0.2) is 41.0 Å². The first-order chi connectivity index (χ1) is 14.7. The predicted molar refractivity (Wildman–Crippen MR) is 117 cm³/mol. The average Bonchev–Trinajstić information content (AvgIpc) is 3.25. The monoisotopic (exact) mass is 423 g/mol. The molecule has 1 fully saturated rings. The van der Waals surface area contributed by atoms with E-state index in [0.717, 1.165) is 22.3 Å². The molecule has 31 heavy (non-hydrogen) atoms. The van der Waals surface area contributed by atoms with Gasteiger partial charge >= 0.3 is 12.1 Å². The van der Waals surface area contributed by atoms with Crippen LogP contribution in [0.2, 0.25) is 0 Å². The third-order valence-electron chi connectivity index (χ3n) is 6.08. The van der Waals surface area contributed by atoms with Gasteiger partial charge in [0, 0.05) is 12.3 Å². The van der Waals surface area contributed by atoms with E-state index in [-0.39, 0.29) is 30.7 Å². The van der Waals surface area contributed by atoms with Crippen LogP contribution in [0, 0.1) is 0 Å². The van der Waals surface area contributed by atoms with Crippen LogP contribution in [0.3, 0.4) is 0 Å². The molecule has 0 heterocycles. The second-order valence-electron chi connectivity index (χ2n) is 9.43. The number of nitrogens with one attached hydrogen (secondary N) is 1. The molecule has 2 N–H and O–H groups in total. The summed E-state index contributed by atoms with van der Waals surface area (Å²) in [5.74, 6) is -1.12. The smallest absolute Gasteiger partial charge is 0.408 e. The number of hydrogen-bond acceptors (Lipinski definition) is 4. The number of carboxylic acid groups (broad SMARTS) is 1. The van der Waals surface area contributed by atoms with Gasteiger partial charge in [-0.1, -0.05) is 48.5 Å². The standard InChI is InChI=1S/C25H29NO5/c1-24(2,3)31-16-12-13-25(14-16,22(27)28)26-23(29)30-15-21-19-10-6-4-8-17(19)18-9-5-7-11-20(18)21/h4-11,16,21H,12-15H2,1-3H3,(H,26,29)(H,27,28). The summed E-state index contributed by atoms with van der Waals surface area (Å²) >= 11 is 0. The lowest BCUT2D eigenvalue weighted by Crippen LogP contribution is -2.53. The van der Waals surface area contributed by atoms with Gasteiger partial charge in [-0.2, -0.15) is 0 Å². The summed E-state index contributed by atoms with van der Waals surface area (Å²) in [5.41, 5.74) is 2.79. The summed E-state index contributed by atoms with van der Waals surface area (Å²) < 4.78 is 11.5. The van der Waals surface area contributed by atoms with Gasteiger partial charge in [0.15, 0.2) is 0 Å². The number of carboxylic acids is 1. The normalized spacial score (nSPS) is 22.6. The molecular weight excluding hydrogens is 394 g/mol. The molecule has 2 atom stereocenters. The van der Waals surface area contributed by atoms with Gasteiger partial charge in [0.25, 0.3) is 0 Å². The molecule has 1 saturated carbocycles. The van der Waals surface area contributed by atoms with E-state index < -0.39 is 17.6 Å². The highest BCUT2D eigenvalue weighted by Crippen LogP contribution is 2.44. The van der Waals surface area contributed by atoms with Crippen molar-refractivity contribution in [2.24, 2.45) is 0 Å². The third-order valence-corrected chi connectivity index (χ3v) is 6.08.